The summed E-state index contributed by atoms with van der Waals surface area (Å²) in [5.41, 5.74) is 0.134. The Balaban J connectivity index is 1.92. The maximum atomic E-state index is 12.0. The van der Waals surface area contributed by atoms with Gasteiger partial charge in [-0.2, -0.15) is 0 Å². The number of Topliss-reactive ketones (excluding diaryl/α,β-unsaturated/α-hetero) is 1. The predicted octanol–water partition coefficient (Wildman–Crippen LogP) is 3.57. The molecule has 1 heterocycles. The number of thiophene rings is 1. The molecule has 2 rings (SSSR count). The van der Waals surface area contributed by atoms with Gasteiger partial charge in [0.1, 0.15) is 5.75 Å². The molecule has 8 heteroatoms. The van der Waals surface area contributed by atoms with E-state index in [1.807, 2.05) is 6.92 Å². The van der Waals surface area contributed by atoms with Gasteiger partial charge in [-0.3, -0.25) is 9.59 Å². The molecule has 0 saturated heterocycles. The van der Waals surface area contributed by atoms with Gasteiger partial charge in [0.2, 0.25) is 0 Å². The molecule has 1 aromatic heterocycles. The van der Waals surface area contributed by atoms with Crippen molar-refractivity contribution in [2.24, 2.45) is 0 Å². The molecule has 0 saturated carbocycles. The monoisotopic (exact) mass is 343 g/mol. The van der Waals surface area contributed by atoms with Gasteiger partial charge in [-0.25, -0.2) is 0 Å². The molecule has 23 heavy (non-hydrogen) atoms. The summed E-state index contributed by atoms with van der Waals surface area (Å²) in [7, 11) is 0. The van der Waals surface area contributed by atoms with Gasteiger partial charge >= 0.3 is 6.36 Å². The molecular weight excluding hydrogens is 331 g/mol. The molecule has 0 aliphatic heterocycles. The zero-order valence-electron chi connectivity index (χ0n) is 11.9. The Labute approximate surface area is 133 Å². The molecule has 0 bridgehead atoms. The highest BCUT2D eigenvalue weighted by molar-refractivity contribution is 7.14. The molecule has 2 aromatic rings. The van der Waals surface area contributed by atoms with Crippen molar-refractivity contribution >= 4 is 23.0 Å². The normalized spacial score (nSPS) is 11.1. The lowest BCUT2D eigenvalue weighted by molar-refractivity contribution is -0.274. The van der Waals surface area contributed by atoms with E-state index in [-0.39, 0.29) is 17.9 Å². The van der Waals surface area contributed by atoms with Crippen molar-refractivity contribution in [1.29, 1.82) is 0 Å². The van der Waals surface area contributed by atoms with Gasteiger partial charge in [-0.1, -0.05) is 0 Å². The number of ether oxygens (including phenoxy) is 1. The quantitative estimate of drug-likeness (QED) is 0.845. The number of benzene rings is 1. The molecule has 1 aromatic carbocycles. The number of aryl methyl sites for hydroxylation is 1. The Morgan fingerprint density at radius 1 is 1.13 bits per heavy atom. The van der Waals surface area contributed by atoms with Gasteiger partial charge in [-0.15, -0.1) is 24.5 Å². The SMILES string of the molecule is Cc1ccc(C(=O)CNC(=O)c2ccc(OC(F)(F)F)cc2)s1. The maximum Gasteiger partial charge on any atom is 0.573 e. The third-order valence-electron chi connectivity index (χ3n) is 2.77. The van der Waals surface area contributed by atoms with Crippen LogP contribution >= 0.6 is 11.3 Å². The molecule has 0 atom stereocenters. The topological polar surface area (TPSA) is 55.4 Å². The highest BCUT2D eigenvalue weighted by atomic mass is 32.1. The third kappa shape index (κ3) is 5.10. The second-order valence-corrected chi connectivity index (χ2v) is 5.88. The molecule has 0 unspecified atom stereocenters. The standard InChI is InChI=1S/C15H12F3NO3S/c1-9-2-7-13(23-9)12(20)8-19-14(21)10-3-5-11(6-4-10)22-15(16,17)18/h2-7H,8H2,1H3,(H,19,21). The lowest BCUT2D eigenvalue weighted by atomic mass is 10.2. The smallest absolute Gasteiger partial charge is 0.406 e. The van der Waals surface area contributed by atoms with Crippen LogP contribution in [-0.2, 0) is 0 Å². The molecule has 1 amide bonds. The van der Waals surface area contributed by atoms with Crippen molar-refractivity contribution in [3.8, 4) is 5.75 Å². The molecule has 0 spiro atoms. The first-order chi connectivity index (χ1) is 10.7. The fraction of sp³-hybridized carbons (Fsp3) is 0.200. The van der Waals surface area contributed by atoms with Crippen LogP contribution in [0.4, 0.5) is 13.2 Å². The van der Waals surface area contributed by atoms with E-state index in [4.69, 9.17) is 0 Å². The van der Waals surface area contributed by atoms with Crippen LogP contribution in [0.5, 0.6) is 5.75 Å². The Morgan fingerprint density at radius 2 is 1.78 bits per heavy atom. The van der Waals surface area contributed by atoms with Crippen LogP contribution in [0, 0.1) is 6.92 Å². The summed E-state index contributed by atoms with van der Waals surface area (Å²) >= 11 is 1.33. The Bertz CT molecular complexity index is 708. The van der Waals surface area contributed by atoms with E-state index in [2.05, 4.69) is 10.1 Å². The molecule has 0 radical (unpaired) electrons. The average Bonchev–Trinajstić information content (AvgIpc) is 2.90. The number of carbonyl (C=O) groups is 2. The van der Waals surface area contributed by atoms with Gasteiger partial charge < -0.3 is 10.1 Å². The lowest BCUT2D eigenvalue weighted by Crippen LogP contribution is -2.29. The molecule has 0 aliphatic carbocycles. The fourth-order valence-electron chi connectivity index (χ4n) is 1.74. The van der Waals surface area contributed by atoms with Crippen LogP contribution < -0.4 is 10.1 Å². The number of amides is 1. The first kappa shape index (κ1) is 17.0. The van der Waals surface area contributed by atoms with Gasteiger partial charge in [-0.05, 0) is 43.3 Å². The van der Waals surface area contributed by atoms with E-state index in [0.29, 0.717) is 4.88 Å². The summed E-state index contributed by atoms with van der Waals surface area (Å²) in [6.07, 6.45) is -4.78. The number of rotatable bonds is 5. The molecule has 0 fully saturated rings. The lowest BCUT2D eigenvalue weighted by Gasteiger charge is -2.09. The van der Waals surface area contributed by atoms with Crippen LogP contribution in [-0.4, -0.2) is 24.6 Å². The summed E-state index contributed by atoms with van der Waals surface area (Å²) in [5.74, 6) is -1.20. The van der Waals surface area contributed by atoms with Crippen molar-refractivity contribution in [3.63, 3.8) is 0 Å². The minimum atomic E-state index is -4.78. The summed E-state index contributed by atoms with van der Waals surface area (Å²) in [5, 5.41) is 2.43. The van der Waals surface area contributed by atoms with E-state index in [1.165, 1.54) is 23.5 Å². The van der Waals surface area contributed by atoms with Crippen molar-refractivity contribution in [2.75, 3.05) is 6.54 Å². The zero-order chi connectivity index (χ0) is 17.0. The first-order valence-corrected chi connectivity index (χ1v) is 7.30. The van der Waals surface area contributed by atoms with Crippen LogP contribution in [0.3, 0.4) is 0 Å². The predicted molar refractivity (Wildman–Crippen MR) is 78.8 cm³/mol. The Morgan fingerprint density at radius 3 is 2.30 bits per heavy atom. The van der Waals surface area contributed by atoms with E-state index in [0.717, 1.165) is 17.0 Å². The highest BCUT2D eigenvalue weighted by Crippen LogP contribution is 2.22. The van der Waals surface area contributed by atoms with Gasteiger partial charge in [0.15, 0.2) is 5.78 Å². The van der Waals surface area contributed by atoms with Crippen molar-refractivity contribution in [1.82, 2.24) is 5.32 Å². The number of ketones is 1. The number of hydrogen-bond acceptors (Lipinski definition) is 4. The van der Waals surface area contributed by atoms with Crippen molar-refractivity contribution in [3.05, 3.63) is 51.7 Å². The van der Waals surface area contributed by atoms with E-state index >= 15 is 0 Å². The molecule has 1 N–H and O–H groups in total. The van der Waals surface area contributed by atoms with Gasteiger partial charge in [0.05, 0.1) is 11.4 Å². The number of hydrogen-bond donors (Lipinski definition) is 1. The van der Waals surface area contributed by atoms with E-state index in [1.54, 1.807) is 12.1 Å². The summed E-state index contributed by atoms with van der Waals surface area (Å²) in [6.45, 7) is 1.68. The number of alkyl halides is 3. The minimum absolute atomic E-state index is 0.134. The minimum Gasteiger partial charge on any atom is -0.406 e. The summed E-state index contributed by atoms with van der Waals surface area (Å²) < 4.78 is 39.8. The average molecular weight is 343 g/mol. The second-order valence-electron chi connectivity index (χ2n) is 4.59. The van der Waals surface area contributed by atoms with Crippen LogP contribution in [0.2, 0.25) is 0 Å². The molecule has 122 valence electrons. The highest BCUT2D eigenvalue weighted by Gasteiger charge is 2.31. The van der Waals surface area contributed by atoms with E-state index in [9.17, 15) is 22.8 Å². The Hall–Kier alpha value is -2.35. The fourth-order valence-corrected chi connectivity index (χ4v) is 2.55. The largest absolute Gasteiger partial charge is 0.573 e. The van der Waals surface area contributed by atoms with Gasteiger partial charge in [0, 0.05) is 10.4 Å². The summed E-state index contributed by atoms with van der Waals surface area (Å²) in [4.78, 5) is 25.2. The van der Waals surface area contributed by atoms with Crippen LogP contribution in [0.25, 0.3) is 0 Å². The molecule has 4 nitrogen and oxygen atoms in total. The van der Waals surface area contributed by atoms with E-state index < -0.39 is 18.0 Å². The second kappa shape index (κ2) is 6.82. The number of halogens is 3. The number of nitrogens with one attached hydrogen (secondary N) is 1. The zero-order valence-corrected chi connectivity index (χ0v) is 12.8. The molecule has 0 aliphatic rings. The van der Waals surface area contributed by atoms with Gasteiger partial charge in [0.25, 0.3) is 5.91 Å². The van der Waals surface area contributed by atoms with Crippen LogP contribution in [0.15, 0.2) is 36.4 Å². The molecular formula is C15H12F3NO3S. The van der Waals surface area contributed by atoms with Crippen molar-refractivity contribution in [2.45, 2.75) is 13.3 Å². The first-order valence-electron chi connectivity index (χ1n) is 6.48. The maximum absolute atomic E-state index is 12.0. The van der Waals surface area contributed by atoms with Crippen molar-refractivity contribution < 1.29 is 27.5 Å². The summed E-state index contributed by atoms with van der Waals surface area (Å²) in [6, 6.07) is 7.93. The number of carbonyl (C=O) groups excluding carboxylic acids is 2. The Kier molecular flexibility index (Phi) is 5.05. The third-order valence-corrected chi connectivity index (χ3v) is 3.82. The van der Waals surface area contributed by atoms with Crippen LogP contribution in [0.1, 0.15) is 24.9 Å².